The van der Waals surface area contributed by atoms with E-state index >= 15 is 0 Å². The van der Waals surface area contributed by atoms with Gasteiger partial charge in [-0.1, -0.05) is 6.07 Å². The molecule has 0 unspecified atom stereocenters. The highest BCUT2D eigenvalue weighted by atomic mass is 19.1. The summed E-state index contributed by atoms with van der Waals surface area (Å²) in [6.07, 6.45) is 3.85. The van der Waals surface area contributed by atoms with E-state index in [1.54, 1.807) is 6.07 Å². The molecule has 0 atom stereocenters. The number of fused-ring (bicyclic) bond motifs is 1. The molecule has 0 amide bonds. The second-order valence-corrected chi connectivity index (χ2v) is 5.97. The average Bonchev–Trinajstić information content (AvgIpc) is 2.97. The van der Waals surface area contributed by atoms with Crippen molar-refractivity contribution < 1.29 is 18.6 Å². The van der Waals surface area contributed by atoms with Gasteiger partial charge in [0.15, 0.2) is 17.4 Å². The summed E-state index contributed by atoms with van der Waals surface area (Å²) in [4.78, 5) is 2.30. The molecule has 2 aliphatic heterocycles. The fourth-order valence-electron chi connectivity index (χ4n) is 3.75. The summed E-state index contributed by atoms with van der Waals surface area (Å²) in [5.74, 6) is -0.211. The van der Waals surface area contributed by atoms with Gasteiger partial charge in [0.1, 0.15) is 6.61 Å². The molecule has 0 bridgehead atoms. The molecule has 1 aromatic rings. The molecule has 2 heterocycles. The summed E-state index contributed by atoms with van der Waals surface area (Å²) in [5, 5.41) is 0. The Hall–Kier alpha value is -1.33. The highest BCUT2D eigenvalue weighted by Gasteiger charge is 2.42. The van der Waals surface area contributed by atoms with E-state index < -0.39 is 0 Å². The SMILES string of the molecule is Fc1cccc2c1OCCN2C1CCC2(CC1)OCCO2. The molecule has 0 aromatic heterocycles. The summed E-state index contributed by atoms with van der Waals surface area (Å²) in [5.41, 5.74) is 0.885. The molecule has 5 heteroatoms. The molecule has 114 valence electrons. The number of hydrogen-bond acceptors (Lipinski definition) is 4. The minimum Gasteiger partial charge on any atom is -0.486 e. The Morgan fingerprint density at radius 1 is 1.10 bits per heavy atom. The van der Waals surface area contributed by atoms with E-state index in [9.17, 15) is 4.39 Å². The van der Waals surface area contributed by atoms with Crippen molar-refractivity contribution in [3.8, 4) is 5.75 Å². The monoisotopic (exact) mass is 293 g/mol. The van der Waals surface area contributed by atoms with Crippen molar-refractivity contribution in [2.45, 2.75) is 37.5 Å². The highest BCUT2D eigenvalue weighted by molar-refractivity contribution is 5.61. The van der Waals surface area contributed by atoms with Crippen LogP contribution >= 0.6 is 0 Å². The van der Waals surface area contributed by atoms with Crippen LogP contribution in [0.25, 0.3) is 0 Å². The van der Waals surface area contributed by atoms with Gasteiger partial charge in [0.25, 0.3) is 0 Å². The van der Waals surface area contributed by atoms with Crippen LogP contribution < -0.4 is 9.64 Å². The van der Waals surface area contributed by atoms with Crippen molar-refractivity contribution in [1.29, 1.82) is 0 Å². The molecule has 1 spiro atoms. The number of hydrogen-bond donors (Lipinski definition) is 0. The van der Waals surface area contributed by atoms with Crippen molar-refractivity contribution in [3.63, 3.8) is 0 Å². The van der Waals surface area contributed by atoms with Gasteiger partial charge < -0.3 is 19.1 Å². The van der Waals surface area contributed by atoms with Crippen molar-refractivity contribution in [2.24, 2.45) is 0 Å². The lowest BCUT2D eigenvalue weighted by atomic mass is 9.88. The molecule has 1 aromatic carbocycles. The number of anilines is 1. The van der Waals surface area contributed by atoms with Gasteiger partial charge in [-0.2, -0.15) is 0 Å². The zero-order valence-electron chi connectivity index (χ0n) is 12.0. The maximum atomic E-state index is 13.9. The van der Waals surface area contributed by atoms with Crippen LogP contribution in [-0.4, -0.2) is 38.2 Å². The van der Waals surface area contributed by atoms with E-state index in [0.29, 0.717) is 31.6 Å². The minimum absolute atomic E-state index is 0.271. The van der Waals surface area contributed by atoms with Gasteiger partial charge in [0.2, 0.25) is 0 Å². The topological polar surface area (TPSA) is 30.9 Å². The van der Waals surface area contributed by atoms with E-state index in [1.807, 2.05) is 6.07 Å². The Balaban J connectivity index is 1.52. The first-order valence-electron chi connectivity index (χ1n) is 7.73. The Morgan fingerprint density at radius 2 is 1.86 bits per heavy atom. The fraction of sp³-hybridized carbons (Fsp3) is 0.625. The molecule has 3 aliphatic rings. The van der Waals surface area contributed by atoms with Gasteiger partial charge in [-0.25, -0.2) is 4.39 Å². The zero-order valence-corrected chi connectivity index (χ0v) is 12.0. The van der Waals surface area contributed by atoms with Crippen molar-refractivity contribution in [2.75, 3.05) is 31.3 Å². The van der Waals surface area contributed by atoms with E-state index in [1.165, 1.54) is 6.07 Å². The van der Waals surface area contributed by atoms with Crippen LogP contribution in [0.2, 0.25) is 0 Å². The minimum atomic E-state index is -0.340. The summed E-state index contributed by atoms with van der Waals surface area (Å²) < 4.78 is 30.9. The first-order valence-corrected chi connectivity index (χ1v) is 7.73. The lowest BCUT2D eigenvalue weighted by Gasteiger charge is -2.43. The Bertz CT molecular complexity index is 520. The molecular formula is C16H20FNO3. The van der Waals surface area contributed by atoms with Gasteiger partial charge in [0, 0.05) is 18.9 Å². The maximum absolute atomic E-state index is 13.9. The lowest BCUT2D eigenvalue weighted by Crippen LogP contribution is -2.47. The fourth-order valence-corrected chi connectivity index (χ4v) is 3.75. The molecule has 0 radical (unpaired) electrons. The lowest BCUT2D eigenvalue weighted by molar-refractivity contribution is -0.178. The van der Waals surface area contributed by atoms with Crippen LogP contribution in [-0.2, 0) is 9.47 Å². The summed E-state index contributed by atoms with van der Waals surface area (Å²) in [6, 6.07) is 5.57. The third-order valence-electron chi connectivity index (χ3n) is 4.81. The highest BCUT2D eigenvalue weighted by Crippen LogP contribution is 2.41. The predicted octanol–water partition coefficient (Wildman–Crippen LogP) is 2.71. The molecule has 4 nitrogen and oxygen atoms in total. The van der Waals surface area contributed by atoms with Gasteiger partial charge in [-0.05, 0) is 25.0 Å². The van der Waals surface area contributed by atoms with Crippen LogP contribution in [0.4, 0.5) is 10.1 Å². The quantitative estimate of drug-likeness (QED) is 0.796. The Morgan fingerprint density at radius 3 is 2.62 bits per heavy atom. The molecule has 4 rings (SSSR count). The number of halogens is 1. The third-order valence-corrected chi connectivity index (χ3v) is 4.81. The Kier molecular flexibility index (Phi) is 3.27. The van der Waals surface area contributed by atoms with Crippen molar-refractivity contribution >= 4 is 5.69 Å². The van der Waals surface area contributed by atoms with Gasteiger partial charge in [0.05, 0.1) is 25.4 Å². The molecule has 1 aliphatic carbocycles. The number of benzene rings is 1. The van der Waals surface area contributed by atoms with Crippen molar-refractivity contribution in [1.82, 2.24) is 0 Å². The first-order chi connectivity index (χ1) is 10.3. The summed E-state index contributed by atoms with van der Waals surface area (Å²) in [6.45, 7) is 2.77. The first kappa shape index (κ1) is 13.3. The smallest absolute Gasteiger partial charge is 0.178 e. The largest absolute Gasteiger partial charge is 0.486 e. The second kappa shape index (κ2) is 5.14. The number of para-hydroxylation sites is 1. The maximum Gasteiger partial charge on any atom is 0.178 e. The Labute approximate surface area is 123 Å². The standard InChI is InChI=1S/C16H20FNO3/c17-13-2-1-3-14-15(13)19-9-8-18(14)12-4-6-16(7-5-12)20-10-11-21-16/h1-3,12H,4-11H2. The van der Waals surface area contributed by atoms with E-state index in [0.717, 1.165) is 37.9 Å². The zero-order chi connectivity index (χ0) is 14.3. The van der Waals surface area contributed by atoms with E-state index in [2.05, 4.69) is 4.90 Å². The van der Waals surface area contributed by atoms with Crippen LogP contribution in [0.5, 0.6) is 5.75 Å². The van der Waals surface area contributed by atoms with E-state index in [4.69, 9.17) is 14.2 Å². The molecular weight excluding hydrogens is 273 g/mol. The van der Waals surface area contributed by atoms with Gasteiger partial charge in [-0.3, -0.25) is 0 Å². The van der Waals surface area contributed by atoms with Gasteiger partial charge >= 0.3 is 0 Å². The summed E-state index contributed by atoms with van der Waals surface area (Å²) in [7, 11) is 0. The van der Waals surface area contributed by atoms with Crippen LogP contribution in [0.15, 0.2) is 18.2 Å². The molecule has 21 heavy (non-hydrogen) atoms. The van der Waals surface area contributed by atoms with Gasteiger partial charge in [-0.15, -0.1) is 0 Å². The van der Waals surface area contributed by atoms with E-state index in [-0.39, 0.29) is 11.6 Å². The predicted molar refractivity (Wildman–Crippen MR) is 76.1 cm³/mol. The second-order valence-electron chi connectivity index (χ2n) is 5.97. The molecule has 1 saturated heterocycles. The molecule has 1 saturated carbocycles. The summed E-state index contributed by atoms with van der Waals surface area (Å²) >= 11 is 0. The van der Waals surface area contributed by atoms with Crippen LogP contribution in [0, 0.1) is 5.82 Å². The number of nitrogens with zero attached hydrogens (tertiary/aromatic N) is 1. The number of rotatable bonds is 1. The average molecular weight is 293 g/mol. The third kappa shape index (κ3) is 2.28. The molecule has 2 fully saturated rings. The normalized spacial score (nSPS) is 24.9. The number of ether oxygens (including phenoxy) is 3. The van der Waals surface area contributed by atoms with Crippen LogP contribution in [0.1, 0.15) is 25.7 Å². The van der Waals surface area contributed by atoms with Crippen LogP contribution in [0.3, 0.4) is 0 Å². The molecule has 0 N–H and O–H groups in total. The van der Waals surface area contributed by atoms with Crippen molar-refractivity contribution in [3.05, 3.63) is 24.0 Å².